The van der Waals surface area contributed by atoms with Crippen LogP contribution in [0.5, 0.6) is 5.75 Å². The molecule has 0 aliphatic carbocycles. The Bertz CT molecular complexity index is 628. The Hall–Kier alpha value is -2.26. The monoisotopic (exact) mass is 288 g/mol. The van der Waals surface area contributed by atoms with Crippen LogP contribution in [0.1, 0.15) is 11.1 Å². The van der Waals surface area contributed by atoms with Gasteiger partial charge in [-0.2, -0.15) is 0 Å². The van der Waals surface area contributed by atoms with Crippen LogP contribution in [0.25, 0.3) is 6.08 Å². The Balaban J connectivity index is 2.25. The third-order valence-electron chi connectivity index (χ3n) is 2.63. The van der Waals surface area contributed by atoms with Crippen LogP contribution in [0.2, 0.25) is 5.02 Å². The van der Waals surface area contributed by atoms with Crippen molar-refractivity contribution in [3.8, 4) is 5.75 Å². The summed E-state index contributed by atoms with van der Waals surface area (Å²) in [5.74, 6) is -0.782. The highest BCUT2D eigenvalue weighted by molar-refractivity contribution is 6.30. The number of aryl methyl sites for hydroxylation is 1. The molecule has 0 radical (unpaired) electrons. The Morgan fingerprint density at radius 2 is 1.70 bits per heavy atom. The second kappa shape index (κ2) is 6.26. The molecule has 0 amide bonds. The van der Waals surface area contributed by atoms with Crippen molar-refractivity contribution in [1.29, 1.82) is 0 Å². The lowest BCUT2D eigenvalue weighted by Crippen LogP contribution is -2.07. The van der Waals surface area contributed by atoms with E-state index in [4.69, 9.17) is 16.3 Å². The summed E-state index contributed by atoms with van der Waals surface area (Å²) in [6.07, 6.45) is 1.46. The second-order valence-corrected chi connectivity index (χ2v) is 4.72. The first-order valence-corrected chi connectivity index (χ1v) is 6.37. The lowest BCUT2D eigenvalue weighted by atomic mass is 10.2. The number of carboxylic acid groups (broad SMARTS) is 1. The summed E-state index contributed by atoms with van der Waals surface area (Å²) in [4.78, 5) is 11.2. The Kier molecular flexibility index (Phi) is 4.43. The molecule has 3 nitrogen and oxygen atoms in total. The highest BCUT2D eigenvalue weighted by atomic mass is 35.5. The van der Waals surface area contributed by atoms with E-state index in [1.807, 2.05) is 19.1 Å². The first-order chi connectivity index (χ1) is 9.54. The van der Waals surface area contributed by atoms with Gasteiger partial charge in [0.25, 0.3) is 0 Å². The zero-order valence-corrected chi connectivity index (χ0v) is 11.6. The summed E-state index contributed by atoms with van der Waals surface area (Å²) >= 11 is 5.79. The van der Waals surface area contributed by atoms with Crippen molar-refractivity contribution in [2.45, 2.75) is 6.92 Å². The number of carboxylic acids is 1. The second-order valence-electron chi connectivity index (χ2n) is 4.28. The summed E-state index contributed by atoms with van der Waals surface area (Å²) in [5, 5.41) is 9.78. The lowest BCUT2D eigenvalue weighted by molar-refractivity contribution is -0.134. The van der Waals surface area contributed by atoms with E-state index in [0.29, 0.717) is 16.3 Å². The van der Waals surface area contributed by atoms with Crippen molar-refractivity contribution in [3.05, 3.63) is 70.4 Å². The molecule has 2 rings (SSSR count). The summed E-state index contributed by atoms with van der Waals surface area (Å²) in [7, 11) is 0. The van der Waals surface area contributed by atoms with E-state index in [9.17, 15) is 9.90 Å². The normalized spacial score (nSPS) is 11.2. The topological polar surface area (TPSA) is 46.5 Å². The third kappa shape index (κ3) is 3.87. The number of aliphatic carboxylic acids is 1. The Labute approximate surface area is 122 Å². The smallest absolute Gasteiger partial charge is 0.371 e. The van der Waals surface area contributed by atoms with Crippen molar-refractivity contribution in [1.82, 2.24) is 0 Å². The van der Waals surface area contributed by atoms with Crippen molar-refractivity contribution >= 4 is 23.6 Å². The zero-order chi connectivity index (χ0) is 14.5. The standard InChI is InChI=1S/C16H13ClO3/c1-11-2-8-14(9-3-11)20-15(16(18)19)10-12-4-6-13(17)7-5-12/h2-10H,1H3,(H,18,19)/b15-10-. The Morgan fingerprint density at radius 3 is 2.25 bits per heavy atom. The molecule has 0 aliphatic heterocycles. The van der Waals surface area contributed by atoms with E-state index >= 15 is 0 Å². The van der Waals surface area contributed by atoms with Gasteiger partial charge in [0.2, 0.25) is 5.76 Å². The lowest BCUT2D eigenvalue weighted by Gasteiger charge is -2.06. The molecular weight excluding hydrogens is 276 g/mol. The third-order valence-corrected chi connectivity index (χ3v) is 2.88. The quantitative estimate of drug-likeness (QED) is 0.679. The molecule has 0 atom stereocenters. The van der Waals surface area contributed by atoms with Gasteiger partial charge < -0.3 is 9.84 Å². The van der Waals surface area contributed by atoms with Crippen LogP contribution in [0.15, 0.2) is 54.3 Å². The SMILES string of the molecule is Cc1ccc(O/C(=C\c2ccc(Cl)cc2)C(=O)O)cc1. The number of halogens is 1. The van der Waals surface area contributed by atoms with Gasteiger partial charge in [0, 0.05) is 5.02 Å². The Morgan fingerprint density at radius 1 is 1.10 bits per heavy atom. The van der Waals surface area contributed by atoms with Crippen molar-refractivity contribution < 1.29 is 14.6 Å². The molecule has 0 aromatic heterocycles. The van der Waals surface area contributed by atoms with E-state index in [1.165, 1.54) is 6.08 Å². The van der Waals surface area contributed by atoms with Gasteiger partial charge in [-0.15, -0.1) is 0 Å². The fraction of sp³-hybridized carbons (Fsp3) is 0.0625. The predicted octanol–water partition coefficient (Wildman–Crippen LogP) is 4.15. The number of benzene rings is 2. The maximum Gasteiger partial charge on any atom is 0.371 e. The highest BCUT2D eigenvalue weighted by Crippen LogP contribution is 2.18. The van der Waals surface area contributed by atoms with Gasteiger partial charge in [-0.05, 0) is 42.8 Å². The van der Waals surface area contributed by atoms with E-state index in [0.717, 1.165) is 5.56 Å². The van der Waals surface area contributed by atoms with Crippen LogP contribution in [-0.2, 0) is 4.79 Å². The fourth-order valence-electron chi connectivity index (χ4n) is 1.58. The van der Waals surface area contributed by atoms with Gasteiger partial charge in [0.05, 0.1) is 0 Å². The number of rotatable bonds is 4. The van der Waals surface area contributed by atoms with Gasteiger partial charge in [0.15, 0.2) is 0 Å². The molecule has 0 unspecified atom stereocenters. The molecule has 0 saturated carbocycles. The minimum absolute atomic E-state index is 0.142. The first kappa shape index (κ1) is 14.2. The zero-order valence-electron chi connectivity index (χ0n) is 10.8. The van der Waals surface area contributed by atoms with Crippen LogP contribution in [0, 0.1) is 6.92 Å². The summed E-state index contributed by atoms with van der Waals surface area (Å²) in [5.41, 5.74) is 1.79. The van der Waals surface area contributed by atoms with Gasteiger partial charge in [-0.25, -0.2) is 4.79 Å². The summed E-state index contributed by atoms with van der Waals surface area (Å²) < 4.78 is 5.39. The molecule has 0 bridgehead atoms. The molecule has 2 aromatic rings. The van der Waals surface area contributed by atoms with Crippen LogP contribution >= 0.6 is 11.6 Å². The van der Waals surface area contributed by atoms with Gasteiger partial charge in [0.1, 0.15) is 5.75 Å². The number of hydrogen-bond donors (Lipinski definition) is 1. The maximum absolute atomic E-state index is 11.2. The minimum atomic E-state index is -1.12. The molecule has 0 fully saturated rings. The average Bonchev–Trinajstić information content (AvgIpc) is 2.42. The molecule has 4 heteroatoms. The van der Waals surface area contributed by atoms with E-state index in [2.05, 4.69) is 0 Å². The van der Waals surface area contributed by atoms with E-state index < -0.39 is 5.97 Å². The minimum Gasteiger partial charge on any atom is -0.475 e. The maximum atomic E-state index is 11.2. The molecule has 0 heterocycles. The molecule has 0 spiro atoms. The molecule has 0 aliphatic rings. The van der Waals surface area contributed by atoms with Crippen LogP contribution in [-0.4, -0.2) is 11.1 Å². The van der Waals surface area contributed by atoms with Gasteiger partial charge >= 0.3 is 5.97 Å². The molecule has 2 aromatic carbocycles. The molecule has 102 valence electrons. The van der Waals surface area contributed by atoms with E-state index in [-0.39, 0.29) is 5.76 Å². The summed E-state index contributed by atoms with van der Waals surface area (Å²) in [6, 6.07) is 14.0. The fourth-order valence-corrected chi connectivity index (χ4v) is 1.70. The van der Waals surface area contributed by atoms with Crippen molar-refractivity contribution in [3.63, 3.8) is 0 Å². The largest absolute Gasteiger partial charge is 0.475 e. The number of carbonyl (C=O) groups is 1. The van der Waals surface area contributed by atoms with Crippen LogP contribution < -0.4 is 4.74 Å². The van der Waals surface area contributed by atoms with E-state index in [1.54, 1.807) is 36.4 Å². The molecule has 20 heavy (non-hydrogen) atoms. The highest BCUT2D eigenvalue weighted by Gasteiger charge is 2.10. The van der Waals surface area contributed by atoms with Crippen molar-refractivity contribution in [2.75, 3.05) is 0 Å². The summed E-state index contributed by atoms with van der Waals surface area (Å²) in [6.45, 7) is 1.95. The molecule has 1 N–H and O–H groups in total. The van der Waals surface area contributed by atoms with Crippen LogP contribution in [0.3, 0.4) is 0 Å². The first-order valence-electron chi connectivity index (χ1n) is 6.00. The van der Waals surface area contributed by atoms with Crippen LogP contribution in [0.4, 0.5) is 0 Å². The molecular formula is C16H13ClO3. The van der Waals surface area contributed by atoms with Gasteiger partial charge in [-0.3, -0.25) is 0 Å². The van der Waals surface area contributed by atoms with Crippen molar-refractivity contribution in [2.24, 2.45) is 0 Å². The number of hydrogen-bond acceptors (Lipinski definition) is 2. The predicted molar refractivity (Wildman–Crippen MR) is 78.9 cm³/mol. The number of ether oxygens (including phenoxy) is 1. The van der Waals surface area contributed by atoms with Gasteiger partial charge in [-0.1, -0.05) is 41.4 Å². The molecule has 0 saturated heterocycles. The average molecular weight is 289 g/mol.